The van der Waals surface area contributed by atoms with E-state index in [-0.39, 0.29) is 18.2 Å². The van der Waals surface area contributed by atoms with E-state index < -0.39 is 5.97 Å². The van der Waals surface area contributed by atoms with Crippen molar-refractivity contribution in [1.29, 1.82) is 0 Å². The molecule has 0 unspecified atom stereocenters. The molecule has 0 aliphatic rings. The first-order chi connectivity index (χ1) is 13.5. The predicted molar refractivity (Wildman–Crippen MR) is 113 cm³/mol. The van der Waals surface area contributed by atoms with Crippen LogP contribution in [0.1, 0.15) is 41.4 Å². The van der Waals surface area contributed by atoms with Crippen molar-refractivity contribution in [2.45, 2.75) is 26.2 Å². The van der Waals surface area contributed by atoms with Gasteiger partial charge in [-0.05, 0) is 34.9 Å². The molecule has 0 aliphatic carbocycles. The lowest BCUT2D eigenvalue weighted by atomic mass is 10.0. The number of benzene rings is 1. The van der Waals surface area contributed by atoms with Gasteiger partial charge in [0, 0.05) is 11.9 Å². The van der Waals surface area contributed by atoms with Gasteiger partial charge in [-0.25, -0.2) is 9.78 Å². The van der Waals surface area contributed by atoms with Gasteiger partial charge in [-0.15, -0.1) is 22.7 Å². The third-order valence-electron chi connectivity index (χ3n) is 4.16. The Balaban J connectivity index is 1.40. The van der Waals surface area contributed by atoms with E-state index in [9.17, 15) is 9.59 Å². The highest BCUT2D eigenvalue weighted by Gasteiger charge is 2.15. The van der Waals surface area contributed by atoms with Crippen molar-refractivity contribution in [2.24, 2.45) is 0 Å². The van der Waals surface area contributed by atoms with Crippen molar-refractivity contribution in [3.63, 3.8) is 0 Å². The van der Waals surface area contributed by atoms with E-state index in [1.54, 1.807) is 16.7 Å². The Morgan fingerprint density at radius 2 is 1.93 bits per heavy atom. The van der Waals surface area contributed by atoms with Crippen LogP contribution in [0, 0.1) is 0 Å². The van der Waals surface area contributed by atoms with Crippen molar-refractivity contribution < 1.29 is 14.3 Å². The summed E-state index contributed by atoms with van der Waals surface area (Å²) < 4.78 is 5.06. The highest BCUT2D eigenvalue weighted by Crippen LogP contribution is 2.27. The van der Waals surface area contributed by atoms with Crippen LogP contribution in [0.2, 0.25) is 0 Å². The first-order valence-corrected chi connectivity index (χ1v) is 10.8. The van der Waals surface area contributed by atoms with Crippen LogP contribution in [0.3, 0.4) is 0 Å². The summed E-state index contributed by atoms with van der Waals surface area (Å²) in [6, 6.07) is 12.3. The van der Waals surface area contributed by atoms with Gasteiger partial charge in [0.1, 0.15) is 5.01 Å². The number of esters is 1. The van der Waals surface area contributed by atoms with Gasteiger partial charge in [0.15, 0.2) is 12.3 Å². The van der Waals surface area contributed by atoms with Crippen molar-refractivity contribution in [1.82, 2.24) is 10.3 Å². The molecule has 28 heavy (non-hydrogen) atoms. The van der Waals surface area contributed by atoms with Gasteiger partial charge in [0.2, 0.25) is 0 Å². The van der Waals surface area contributed by atoms with E-state index in [0.29, 0.717) is 12.5 Å². The Morgan fingerprint density at radius 1 is 1.14 bits per heavy atom. The maximum atomic E-state index is 12.1. The fourth-order valence-corrected chi connectivity index (χ4v) is 4.16. The zero-order valence-corrected chi connectivity index (χ0v) is 17.4. The summed E-state index contributed by atoms with van der Waals surface area (Å²) in [6.07, 6.45) is 0.730. The van der Waals surface area contributed by atoms with Crippen LogP contribution in [0.25, 0.3) is 9.88 Å². The van der Waals surface area contributed by atoms with E-state index in [2.05, 4.69) is 48.4 Å². The summed E-state index contributed by atoms with van der Waals surface area (Å²) in [4.78, 5) is 29.2. The largest absolute Gasteiger partial charge is 0.451 e. The first kappa shape index (κ1) is 20.2. The van der Waals surface area contributed by atoms with Crippen LogP contribution < -0.4 is 5.32 Å². The van der Waals surface area contributed by atoms with Gasteiger partial charge >= 0.3 is 5.97 Å². The number of carbonyl (C=O) groups excluding carboxylic acids is 2. The zero-order chi connectivity index (χ0) is 19.9. The Kier molecular flexibility index (Phi) is 6.95. The Hall–Kier alpha value is -2.51. The molecule has 0 atom stereocenters. The molecular weight excluding hydrogens is 392 g/mol. The van der Waals surface area contributed by atoms with Crippen LogP contribution in [0.5, 0.6) is 0 Å². The van der Waals surface area contributed by atoms with Crippen LogP contribution in [0.4, 0.5) is 0 Å². The van der Waals surface area contributed by atoms with E-state index in [1.807, 2.05) is 17.5 Å². The number of hydrogen-bond donors (Lipinski definition) is 1. The van der Waals surface area contributed by atoms with E-state index in [1.165, 1.54) is 16.9 Å². The summed E-state index contributed by atoms with van der Waals surface area (Å²) in [5.74, 6) is -0.401. The van der Waals surface area contributed by atoms with E-state index >= 15 is 0 Å². The first-order valence-electron chi connectivity index (χ1n) is 9.05. The quantitative estimate of drug-likeness (QED) is 0.551. The average molecular weight is 415 g/mol. The van der Waals surface area contributed by atoms with Crippen molar-refractivity contribution in [3.05, 3.63) is 64.0 Å². The van der Waals surface area contributed by atoms with Gasteiger partial charge in [-0.3, -0.25) is 4.79 Å². The number of nitrogens with zero attached hydrogens (tertiary/aromatic N) is 1. The maximum Gasteiger partial charge on any atom is 0.358 e. The topological polar surface area (TPSA) is 68.3 Å². The summed E-state index contributed by atoms with van der Waals surface area (Å²) in [6.45, 7) is 4.50. The number of amides is 1. The molecule has 0 bridgehead atoms. The second-order valence-electron chi connectivity index (χ2n) is 6.59. The molecular formula is C21H22N2O3S2. The van der Waals surface area contributed by atoms with Gasteiger partial charge < -0.3 is 10.1 Å². The van der Waals surface area contributed by atoms with Gasteiger partial charge in [-0.1, -0.05) is 44.2 Å². The predicted octanol–water partition coefficient (Wildman–Crippen LogP) is 4.51. The van der Waals surface area contributed by atoms with E-state index in [4.69, 9.17) is 4.74 Å². The number of thiazole rings is 1. The minimum Gasteiger partial charge on any atom is -0.451 e. The number of ether oxygens (including phenoxy) is 1. The number of hydrogen-bond acceptors (Lipinski definition) is 6. The number of carbonyl (C=O) groups is 2. The minimum absolute atomic E-state index is 0.228. The number of rotatable bonds is 8. The van der Waals surface area contributed by atoms with E-state index in [0.717, 1.165) is 21.9 Å². The Morgan fingerprint density at radius 3 is 2.61 bits per heavy atom. The molecule has 2 heterocycles. The summed E-state index contributed by atoms with van der Waals surface area (Å²) >= 11 is 2.94. The van der Waals surface area contributed by atoms with Crippen molar-refractivity contribution in [3.8, 4) is 9.88 Å². The number of aromatic nitrogens is 1. The van der Waals surface area contributed by atoms with Gasteiger partial charge in [0.25, 0.3) is 5.91 Å². The Labute approximate surface area is 172 Å². The second kappa shape index (κ2) is 9.61. The molecule has 1 amide bonds. The molecule has 1 aromatic carbocycles. The maximum absolute atomic E-state index is 12.1. The lowest BCUT2D eigenvalue weighted by Crippen LogP contribution is -2.30. The fraction of sp³-hybridized carbons (Fsp3) is 0.286. The number of thiophene rings is 1. The smallest absolute Gasteiger partial charge is 0.358 e. The molecule has 3 aromatic rings. The molecule has 0 fully saturated rings. The van der Waals surface area contributed by atoms with Gasteiger partial charge in [0.05, 0.1) is 4.88 Å². The standard InChI is InChI=1S/C21H22N2O3S2/c1-14(2)16-7-5-15(6-8-16)9-10-22-19(24)12-26-21(25)17-13-28-20(23-17)18-4-3-11-27-18/h3-8,11,13-14H,9-10,12H2,1-2H3,(H,22,24). The number of nitrogens with one attached hydrogen (secondary N) is 1. The fourth-order valence-electron chi connectivity index (χ4n) is 2.55. The molecule has 2 aromatic heterocycles. The molecule has 0 saturated carbocycles. The van der Waals surface area contributed by atoms with Crippen LogP contribution in [-0.2, 0) is 16.0 Å². The van der Waals surface area contributed by atoms with Crippen molar-refractivity contribution >= 4 is 34.6 Å². The van der Waals surface area contributed by atoms with Crippen LogP contribution in [-0.4, -0.2) is 30.0 Å². The molecule has 146 valence electrons. The second-order valence-corrected chi connectivity index (χ2v) is 8.39. The summed E-state index contributed by atoms with van der Waals surface area (Å²) in [7, 11) is 0. The monoisotopic (exact) mass is 414 g/mol. The lowest BCUT2D eigenvalue weighted by molar-refractivity contribution is -0.124. The minimum atomic E-state index is -0.585. The molecule has 1 N–H and O–H groups in total. The lowest BCUT2D eigenvalue weighted by Gasteiger charge is -2.08. The highest BCUT2D eigenvalue weighted by atomic mass is 32.1. The SMILES string of the molecule is CC(C)c1ccc(CCNC(=O)COC(=O)c2csc(-c3cccs3)n2)cc1. The Bertz CT molecular complexity index is 916. The highest BCUT2D eigenvalue weighted by molar-refractivity contribution is 7.20. The molecule has 0 radical (unpaired) electrons. The summed E-state index contributed by atoms with van der Waals surface area (Å²) in [5.41, 5.74) is 2.68. The molecule has 0 spiro atoms. The van der Waals surface area contributed by atoms with Gasteiger partial charge in [-0.2, -0.15) is 0 Å². The zero-order valence-electron chi connectivity index (χ0n) is 15.8. The van der Waals surface area contributed by atoms with Crippen molar-refractivity contribution in [2.75, 3.05) is 13.2 Å². The molecule has 7 heteroatoms. The molecule has 0 aliphatic heterocycles. The average Bonchev–Trinajstić information content (AvgIpc) is 3.38. The molecule has 0 saturated heterocycles. The van der Waals surface area contributed by atoms with Crippen LogP contribution in [0.15, 0.2) is 47.2 Å². The summed E-state index contributed by atoms with van der Waals surface area (Å²) in [5, 5.41) is 7.15. The van der Waals surface area contributed by atoms with Crippen LogP contribution >= 0.6 is 22.7 Å². The third-order valence-corrected chi connectivity index (χ3v) is 6.04. The molecule has 3 rings (SSSR count). The molecule has 5 nitrogen and oxygen atoms in total. The normalized spacial score (nSPS) is 10.8. The third kappa shape index (κ3) is 5.50.